The Labute approximate surface area is 109 Å². The predicted molar refractivity (Wildman–Crippen MR) is 70.3 cm³/mol. The standard InChI is InChI=1S/C14H25NO3/c1-9-7-10(9)8-11(16)14(5,6)15-12(17)18-13(2,3)4/h9-10H,7-8H2,1-6H3,(H,15,17). The molecule has 1 N–H and O–H groups in total. The lowest BCUT2D eigenvalue weighted by atomic mass is 9.94. The minimum atomic E-state index is -0.857. The second-order valence-electron chi connectivity index (χ2n) is 6.85. The van der Waals surface area contributed by atoms with Gasteiger partial charge in [0.15, 0.2) is 5.78 Å². The number of nitrogens with one attached hydrogen (secondary N) is 1. The van der Waals surface area contributed by atoms with Gasteiger partial charge in [-0.2, -0.15) is 0 Å². The van der Waals surface area contributed by atoms with E-state index in [0.717, 1.165) is 6.42 Å². The highest BCUT2D eigenvalue weighted by Gasteiger charge is 2.39. The number of rotatable bonds is 4. The Morgan fingerprint density at radius 3 is 2.11 bits per heavy atom. The zero-order valence-corrected chi connectivity index (χ0v) is 12.3. The second kappa shape index (κ2) is 4.90. The molecule has 1 saturated carbocycles. The predicted octanol–water partition coefficient (Wildman–Crippen LogP) is 2.90. The van der Waals surface area contributed by atoms with Gasteiger partial charge in [0.05, 0.1) is 5.54 Å². The maximum absolute atomic E-state index is 12.1. The molecule has 2 unspecified atom stereocenters. The fourth-order valence-electron chi connectivity index (χ4n) is 1.81. The molecule has 0 aliphatic heterocycles. The van der Waals surface area contributed by atoms with Crippen molar-refractivity contribution in [2.24, 2.45) is 11.8 Å². The van der Waals surface area contributed by atoms with E-state index in [1.54, 1.807) is 34.6 Å². The third kappa shape index (κ3) is 4.67. The zero-order chi connectivity index (χ0) is 14.1. The van der Waals surface area contributed by atoms with Crippen LogP contribution in [0.5, 0.6) is 0 Å². The molecular formula is C14H25NO3. The maximum atomic E-state index is 12.1. The molecule has 18 heavy (non-hydrogen) atoms. The van der Waals surface area contributed by atoms with Crippen molar-refractivity contribution in [1.82, 2.24) is 5.32 Å². The lowest BCUT2D eigenvalue weighted by molar-refractivity contribution is -0.124. The lowest BCUT2D eigenvalue weighted by Gasteiger charge is -2.27. The van der Waals surface area contributed by atoms with Gasteiger partial charge in [-0.05, 0) is 52.9 Å². The van der Waals surface area contributed by atoms with Gasteiger partial charge in [-0.15, -0.1) is 0 Å². The highest BCUT2D eigenvalue weighted by Crippen LogP contribution is 2.41. The quantitative estimate of drug-likeness (QED) is 0.840. The van der Waals surface area contributed by atoms with Gasteiger partial charge in [0.1, 0.15) is 5.60 Å². The van der Waals surface area contributed by atoms with E-state index in [0.29, 0.717) is 18.3 Å². The van der Waals surface area contributed by atoms with Gasteiger partial charge in [-0.3, -0.25) is 4.79 Å². The van der Waals surface area contributed by atoms with E-state index in [1.807, 2.05) is 0 Å². The number of Topliss-reactive ketones (excluding diaryl/α,β-unsaturated/α-hetero) is 1. The number of ether oxygens (including phenoxy) is 1. The Hall–Kier alpha value is -1.06. The maximum Gasteiger partial charge on any atom is 0.408 e. The molecule has 0 spiro atoms. The Bertz CT molecular complexity index is 341. The van der Waals surface area contributed by atoms with E-state index in [9.17, 15) is 9.59 Å². The molecule has 0 aromatic heterocycles. The zero-order valence-electron chi connectivity index (χ0n) is 12.3. The topological polar surface area (TPSA) is 55.4 Å². The Morgan fingerprint density at radius 2 is 1.72 bits per heavy atom. The van der Waals surface area contributed by atoms with Crippen molar-refractivity contribution in [3.63, 3.8) is 0 Å². The van der Waals surface area contributed by atoms with Crippen molar-refractivity contribution >= 4 is 11.9 Å². The summed E-state index contributed by atoms with van der Waals surface area (Å²) in [6.07, 6.45) is 1.13. The summed E-state index contributed by atoms with van der Waals surface area (Å²) in [6, 6.07) is 0. The van der Waals surface area contributed by atoms with Crippen LogP contribution in [0, 0.1) is 11.8 Å². The summed E-state index contributed by atoms with van der Waals surface area (Å²) in [5.41, 5.74) is -1.40. The summed E-state index contributed by atoms with van der Waals surface area (Å²) in [6.45, 7) is 11.0. The van der Waals surface area contributed by atoms with Crippen molar-refractivity contribution < 1.29 is 14.3 Å². The SMILES string of the molecule is CC1CC1CC(=O)C(C)(C)NC(=O)OC(C)(C)C. The Kier molecular flexibility index (Phi) is 4.08. The van der Waals surface area contributed by atoms with E-state index in [1.165, 1.54) is 0 Å². The molecule has 1 rings (SSSR count). The first-order valence-corrected chi connectivity index (χ1v) is 6.56. The molecule has 0 bridgehead atoms. The normalized spacial score (nSPS) is 23.4. The molecule has 1 fully saturated rings. The average molecular weight is 255 g/mol. The number of hydrogen-bond donors (Lipinski definition) is 1. The highest BCUT2D eigenvalue weighted by atomic mass is 16.6. The number of carbonyl (C=O) groups excluding carboxylic acids is 2. The van der Waals surface area contributed by atoms with E-state index in [2.05, 4.69) is 12.2 Å². The van der Waals surface area contributed by atoms with E-state index >= 15 is 0 Å². The lowest BCUT2D eigenvalue weighted by Crippen LogP contribution is -2.51. The summed E-state index contributed by atoms with van der Waals surface area (Å²) in [7, 11) is 0. The summed E-state index contributed by atoms with van der Waals surface area (Å²) in [5, 5.41) is 2.65. The van der Waals surface area contributed by atoms with Gasteiger partial charge < -0.3 is 10.1 Å². The molecule has 4 nitrogen and oxygen atoms in total. The van der Waals surface area contributed by atoms with Crippen molar-refractivity contribution in [2.45, 2.75) is 65.5 Å². The molecule has 0 saturated heterocycles. The summed E-state index contributed by atoms with van der Waals surface area (Å²) in [5.74, 6) is 1.21. The van der Waals surface area contributed by atoms with Crippen LogP contribution in [0.3, 0.4) is 0 Å². The first-order valence-electron chi connectivity index (χ1n) is 6.56. The molecule has 0 aromatic carbocycles. The van der Waals surface area contributed by atoms with Crippen LogP contribution in [0.2, 0.25) is 0 Å². The minimum absolute atomic E-state index is 0.0720. The van der Waals surface area contributed by atoms with Crippen LogP contribution in [-0.4, -0.2) is 23.0 Å². The van der Waals surface area contributed by atoms with Crippen LogP contribution in [0.25, 0.3) is 0 Å². The minimum Gasteiger partial charge on any atom is -0.444 e. The van der Waals surface area contributed by atoms with Gasteiger partial charge in [0.2, 0.25) is 0 Å². The Balaban J connectivity index is 2.47. The number of hydrogen-bond acceptors (Lipinski definition) is 3. The Morgan fingerprint density at radius 1 is 1.22 bits per heavy atom. The average Bonchev–Trinajstić information content (AvgIpc) is 2.76. The molecule has 1 aliphatic carbocycles. The fourth-order valence-corrected chi connectivity index (χ4v) is 1.81. The fraction of sp³-hybridized carbons (Fsp3) is 0.857. The monoisotopic (exact) mass is 255 g/mol. The summed E-state index contributed by atoms with van der Waals surface area (Å²) >= 11 is 0. The summed E-state index contributed by atoms with van der Waals surface area (Å²) in [4.78, 5) is 23.8. The van der Waals surface area contributed by atoms with Crippen LogP contribution >= 0.6 is 0 Å². The van der Waals surface area contributed by atoms with Crippen molar-refractivity contribution in [2.75, 3.05) is 0 Å². The molecule has 4 heteroatoms. The van der Waals surface area contributed by atoms with Gasteiger partial charge in [-0.1, -0.05) is 6.92 Å². The van der Waals surface area contributed by atoms with Crippen molar-refractivity contribution in [3.8, 4) is 0 Å². The molecule has 1 amide bonds. The van der Waals surface area contributed by atoms with Crippen LogP contribution in [0.4, 0.5) is 4.79 Å². The largest absolute Gasteiger partial charge is 0.444 e. The third-order valence-corrected chi connectivity index (χ3v) is 3.23. The first-order chi connectivity index (χ1) is 8.01. The number of amides is 1. The van der Waals surface area contributed by atoms with Gasteiger partial charge in [0.25, 0.3) is 0 Å². The van der Waals surface area contributed by atoms with Gasteiger partial charge >= 0.3 is 6.09 Å². The van der Waals surface area contributed by atoms with Crippen LogP contribution in [0.15, 0.2) is 0 Å². The molecule has 1 aliphatic rings. The third-order valence-electron chi connectivity index (χ3n) is 3.23. The molecular weight excluding hydrogens is 230 g/mol. The van der Waals surface area contributed by atoms with Crippen LogP contribution in [0.1, 0.15) is 54.4 Å². The van der Waals surface area contributed by atoms with Gasteiger partial charge in [0, 0.05) is 6.42 Å². The second-order valence-corrected chi connectivity index (χ2v) is 6.85. The number of ketones is 1. The molecule has 0 heterocycles. The van der Waals surface area contributed by atoms with E-state index in [4.69, 9.17) is 4.74 Å². The van der Waals surface area contributed by atoms with Crippen LogP contribution in [-0.2, 0) is 9.53 Å². The molecule has 104 valence electrons. The highest BCUT2D eigenvalue weighted by molar-refractivity contribution is 5.91. The molecule has 0 radical (unpaired) electrons. The van der Waals surface area contributed by atoms with E-state index < -0.39 is 17.2 Å². The molecule has 2 atom stereocenters. The number of alkyl carbamates (subject to hydrolysis) is 1. The molecule has 0 aromatic rings. The number of carbonyl (C=O) groups is 2. The van der Waals surface area contributed by atoms with E-state index in [-0.39, 0.29) is 5.78 Å². The van der Waals surface area contributed by atoms with Gasteiger partial charge in [-0.25, -0.2) is 4.79 Å². The first kappa shape index (κ1) is 15.0. The van der Waals surface area contributed by atoms with Crippen LogP contribution < -0.4 is 5.32 Å². The summed E-state index contributed by atoms with van der Waals surface area (Å²) < 4.78 is 5.16. The smallest absolute Gasteiger partial charge is 0.408 e. The van der Waals surface area contributed by atoms with Crippen molar-refractivity contribution in [1.29, 1.82) is 0 Å². The van der Waals surface area contributed by atoms with Crippen molar-refractivity contribution in [3.05, 3.63) is 0 Å².